The van der Waals surface area contributed by atoms with Crippen molar-refractivity contribution >= 4 is 27.5 Å². The molecule has 158 valence electrons. The molecule has 0 saturated heterocycles. The van der Waals surface area contributed by atoms with Gasteiger partial charge in [0.1, 0.15) is 5.75 Å². The second kappa shape index (κ2) is 6.65. The van der Waals surface area contributed by atoms with Crippen molar-refractivity contribution in [2.24, 2.45) is 7.05 Å². The second-order valence-corrected chi connectivity index (χ2v) is 8.85. The van der Waals surface area contributed by atoms with Crippen LogP contribution < -0.4 is 11.4 Å². The lowest BCUT2D eigenvalue weighted by atomic mass is 9.68. The molecule has 3 aliphatic rings. The van der Waals surface area contributed by atoms with Crippen LogP contribution in [0, 0.1) is 6.92 Å². The molecule has 0 radical (unpaired) electrons. The quantitative estimate of drug-likeness (QED) is 0.491. The van der Waals surface area contributed by atoms with E-state index in [1.807, 2.05) is 6.08 Å². The van der Waals surface area contributed by atoms with Gasteiger partial charge in [-0.1, -0.05) is 24.3 Å². The van der Waals surface area contributed by atoms with Crippen LogP contribution in [0.25, 0.3) is 0 Å². The van der Waals surface area contributed by atoms with Crippen LogP contribution in [0.5, 0.6) is 5.75 Å². The monoisotopic (exact) mass is 483 g/mol. The molecule has 31 heavy (non-hydrogen) atoms. The molecule has 1 aliphatic heterocycles. The van der Waals surface area contributed by atoms with Crippen molar-refractivity contribution in [2.75, 3.05) is 0 Å². The summed E-state index contributed by atoms with van der Waals surface area (Å²) in [6.45, 7) is 1.92. The summed E-state index contributed by atoms with van der Waals surface area (Å²) in [5, 5.41) is 10.8. The van der Waals surface area contributed by atoms with Gasteiger partial charge < -0.3 is 5.11 Å². The Balaban J connectivity index is 1.82. The minimum absolute atomic E-state index is 0.0399. The number of allylic oxidation sites excluding steroid dienone is 6. The van der Waals surface area contributed by atoms with E-state index >= 15 is 0 Å². The van der Waals surface area contributed by atoms with E-state index in [9.17, 15) is 24.3 Å². The molecule has 2 aliphatic carbocycles. The first-order valence-electron chi connectivity index (χ1n) is 9.78. The Kier molecular flexibility index (Phi) is 4.23. The summed E-state index contributed by atoms with van der Waals surface area (Å²) in [5.74, 6) is -1.29. The SMILES string of the molecule is Cc1cccc(C2C3=CCn4c(=O)n(C)c(=O)n4C3CC3=C2C(=O)C=C(Br)C3=O)c1O. The molecule has 5 rings (SSSR count). The van der Waals surface area contributed by atoms with Gasteiger partial charge >= 0.3 is 11.4 Å². The Morgan fingerprint density at radius 3 is 2.61 bits per heavy atom. The molecule has 8 nitrogen and oxygen atoms in total. The number of halogens is 1. The summed E-state index contributed by atoms with van der Waals surface area (Å²) in [6, 6.07) is 4.65. The van der Waals surface area contributed by atoms with Crippen LogP contribution >= 0.6 is 15.9 Å². The highest BCUT2D eigenvalue weighted by Gasteiger charge is 2.45. The fourth-order valence-electron chi connectivity index (χ4n) is 4.86. The highest BCUT2D eigenvalue weighted by Crippen LogP contribution is 2.51. The lowest BCUT2D eigenvalue weighted by molar-refractivity contribution is -0.115. The fraction of sp³-hybridized carbons (Fsp3) is 0.273. The summed E-state index contributed by atoms with van der Waals surface area (Å²) < 4.78 is 3.90. The summed E-state index contributed by atoms with van der Waals surface area (Å²) in [6.07, 6.45) is 3.20. The predicted molar refractivity (Wildman–Crippen MR) is 115 cm³/mol. The maximum absolute atomic E-state index is 13.1. The normalized spacial score (nSPS) is 22.5. The Morgan fingerprint density at radius 1 is 1.13 bits per heavy atom. The first kappa shape index (κ1) is 19.7. The number of carbonyl (C=O) groups excluding carboxylic acids is 2. The van der Waals surface area contributed by atoms with Crippen molar-refractivity contribution < 1.29 is 14.7 Å². The molecule has 0 saturated carbocycles. The number of hydrogen-bond donors (Lipinski definition) is 1. The molecule has 2 heterocycles. The number of aromatic hydroxyl groups is 1. The van der Waals surface area contributed by atoms with Crippen LogP contribution in [0.3, 0.4) is 0 Å². The smallest absolute Gasteiger partial charge is 0.347 e. The number of aromatic nitrogens is 3. The number of para-hydroxylation sites is 1. The van der Waals surface area contributed by atoms with Gasteiger partial charge in [0.15, 0.2) is 11.6 Å². The third-order valence-corrected chi connectivity index (χ3v) is 6.96. The number of fused-ring (bicyclic) bond motifs is 3. The van der Waals surface area contributed by atoms with E-state index in [4.69, 9.17) is 0 Å². The Hall–Kier alpha value is -3.20. The van der Waals surface area contributed by atoms with Crippen LogP contribution in [0.1, 0.15) is 29.5 Å². The molecule has 0 amide bonds. The first-order valence-corrected chi connectivity index (χ1v) is 10.6. The molecular weight excluding hydrogens is 466 g/mol. The summed E-state index contributed by atoms with van der Waals surface area (Å²) in [7, 11) is 1.41. The molecule has 1 N–H and O–H groups in total. The van der Waals surface area contributed by atoms with E-state index in [0.717, 1.165) is 10.1 Å². The number of Topliss-reactive ketones (excluding diaryl/α,β-unsaturated/α-hetero) is 1. The number of aryl methyl sites for hydroxylation is 1. The minimum atomic E-state index is -0.696. The Morgan fingerprint density at radius 2 is 1.87 bits per heavy atom. The second-order valence-electron chi connectivity index (χ2n) is 8.00. The Labute approximate surface area is 184 Å². The molecule has 1 aromatic carbocycles. The number of benzene rings is 1. The van der Waals surface area contributed by atoms with E-state index in [0.29, 0.717) is 22.3 Å². The van der Waals surface area contributed by atoms with Gasteiger partial charge in [-0.15, -0.1) is 0 Å². The first-order chi connectivity index (χ1) is 14.7. The zero-order chi connectivity index (χ0) is 22.2. The van der Waals surface area contributed by atoms with Gasteiger partial charge in [0.2, 0.25) is 0 Å². The van der Waals surface area contributed by atoms with Crippen LogP contribution in [-0.2, 0) is 23.2 Å². The van der Waals surface area contributed by atoms with E-state index in [1.54, 1.807) is 25.1 Å². The van der Waals surface area contributed by atoms with Gasteiger partial charge in [0.25, 0.3) is 0 Å². The molecular formula is C22H18BrN3O5. The van der Waals surface area contributed by atoms with E-state index in [-0.39, 0.29) is 34.8 Å². The zero-order valence-electron chi connectivity index (χ0n) is 16.8. The van der Waals surface area contributed by atoms with Crippen molar-refractivity contribution in [1.82, 2.24) is 13.9 Å². The molecule has 9 heteroatoms. The van der Waals surface area contributed by atoms with Crippen molar-refractivity contribution in [3.05, 3.63) is 83.6 Å². The van der Waals surface area contributed by atoms with Gasteiger partial charge in [-0.25, -0.2) is 23.5 Å². The van der Waals surface area contributed by atoms with Crippen molar-refractivity contribution in [2.45, 2.75) is 31.8 Å². The summed E-state index contributed by atoms with van der Waals surface area (Å²) >= 11 is 3.17. The van der Waals surface area contributed by atoms with Crippen molar-refractivity contribution in [1.29, 1.82) is 0 Å². The third kappa shape index (κ3) is 2.59. The van der Waals surface area contributed by atoms with Crippen LogP contribution in [0.15, 0.2) is 61.1 Å². The maximum atomic E-state index is 13.1. The summed E-state index contributed by atoms with van der Waals surface area (Å²) in [5.41, 5.74) is 1.54. The number of phenols is 1. The topological polar surface area (TPSA) is 103 Å². The number of rotatable bonds is 1. The van der Waals surface area contributed by atoms with E-state index < -0.39 is 23.3 Å². The largest absolute Gasteiger partial charge is 0.507 e. The van der Waals surface area contributed by atoms with Gasteiger partial charge in [0, 0.05) is 42.2 Å². The number of carbonyl (C=O) groups is 2. The average Bonchev–Trinajstić information content (AvgIpc) is 2.97. The standard InChI is InChI=1S/C22H18BrN3O5/c1-10-4-3-5-12(19(10)28)17-11-6-7-25-21(30)24(2)22(31)26(25)15(11)8-13-18(17)16(27)9-14(23)20(13)29/h3-6,9,15,17,28H,7-8H2,1-2H3. The minimum Gasteiger partial charge on any atom is -0.507 e. The van der Waals surface area contributed by atoms with Crippen molar-refractivity contribution in [3.8, 4) is 5.75 Å². The molecule has 0 bridgehead atoms. The molecule has 0 spiro atoms. The molecule has 2 aromatic rings. The average molecular weight is 484 g/mol. The predicted octanol–water partition coefficient (Wildman–Crippen LogP) is 1.76. The maximum Gasteiger partial charge on any atom is 0.347 e. The van der Waals surface area contributed by atoms with E-state index in [1.165, 1.54) is 22.5 Å². The highest BCUT2D eigenvalue weighted by molar-refractivity contribution is 9.12. The third-order valence-electron chi connectivity index (χ3n) is 6.37. The van der Waals surface area contributed by atoms with Crippen LogP contribution in [-0.4, -0.2) is 30.6 Å². The van der Waals surface area contributed by atoms with Gasteiger partial charge in [0.05, 0.1) is 17.1 Å². The van der Waals surface area contributed by atoms with Gasteiger partial charge in [-0.2, -0.15) is 0 Å². The Bertz CT molecular complexity index is 1420. The van der Waals surface area contributed by atoms with Crippen LogP contribution in [0.2, 0.25) is 0 Å². The molecule has 2 unspecified atom stereocenters. The van der Waals surface area contributed by atoms with Crippen molar-refractivity contribution in [3.63, 3.8) is 0 Å². The number of phenolic OH excluding ortho intramolecular Hbond substituents is 1. The van der Waals surface area contributed by atoms with Gasteiger partial charge in [-0.3, -0.25) is 9.59 Å². The lowest BCUT2D eigenvalue weighted by Crippen LogP contribution is -2.40. The molecule has 1 aromatic heterocycles. The molecule has 0 fully saturated rings. The number of nitrogens with zero attached hydrogens (tertiary/aromatic N) is 3. The summed E-state index contributed by atoms with van der Waals surface area (Å²) in [4.78, 5) is 51.4. The van der Waals surface area contributed by atoms with Gasteiger partial charge in [-0.05, 0) is 34.0 Å². The lowest BCUT2D eigenvalue weighted by Gasteiger charge is -2.39. The number of hydrogen-bond acceptors (Lipinski definition) is 5. The molecule has 2 atom stereocenters. The van der Waals surface area contributed by atoms with E-state index in [2.05, 4.69) is 15.9 Å². The fourth-order valence-corrected chi connectivity index (χ4v) is 5.30. The van der Waals surface area contributed by atoms with Crippen LogP contribution in [0.4, 0.5) is 0 Å². The highest BCUT2D eigenvalue weighted by atomic mass is 79.9. The zero-order valence-corrected chi connectivity index (χ0v) is 18.3. The number of ketones is 2.